The van der Waals surface area contributed by atoms with Gasteiger partial charge in [0.15, 0.2) is 5.17 Å². The molecule has 0 bridgehead atoms. The maximum absolute atomic E-state index is 13.2. The van der Waals surface area contributed by atoms with Gasteiger partial charge in [0.1, 0.15) is 5.70 Å². The van der Waals surface area contributed by atoms with Crippen LogP contribution >= 0.6 is 35.0 Å². The summed E-state index contributed by atoms with van der Waals surface area (Å²) in [6.45, 7) is 2.83. The third-order valence-electron chi connectivity index (χ3n) is 4.33. The lowest BCUT2D eigenvalue weighted by Crippen LogP contribution is -2.33. The van der Waals surface area contributed by atoms with Gasteiger partial charge in [0.2, 0.25) is 5.91 Å². The number of anilines is 1. The molecule has 162 valence electrons. The van der Waals surface area contributed by atoms with Crippen molar-refractivity contribution in [2.24, 2.45) is 4.99 Å². The van der Waals surface area contributed by atoms with Gasteiger partial charge in [-0.3, -0.25) is 14.5 Å². The topological polar surface area (TPSA) is 71.0 Å². The van der Waals surface area contributed by atoms with Crippen molar-refractivity contribution in [3.63, 3.8) is 0 Å². The lowest BCUT2D eigenvalue weighted by Gasteiger charge is -2.18. The molecule has 1 heterocycles. The monoisotopic (exact) mass is 477 g/mol. The Morgan fingerprint density at radius 2 is 1.94 bits per heavy atom. The first-order chi connectivity index (χ1) is 14.9. The first-order valence-electron chi connectivity index (χ1n) is 9.44. The first kappa shape index (κ1) is 23.3. The van der Waals surface area contributed by atoms with Crippen molar-refractivity contribution in [2.45, 2.75) is 6.92 Å². The van der Waals surface area contributed by atoms with Gasteiger partial charge in [-0.15, -0.1) is 0 Å². The number of benzene rings is 2. The highest BCUT2D eigenvalue weighted by atomic mass is 35.5. The Hall–Kier alpha value is -2.32. The number of amidine groups is 1. The summed E-state index contributed by atoms with van der Waals surface area (Å²) < 4.78 is 4.93. The molecule has 1 aliphatic rings. The van der Waals surface area contributed by atoms with Gasteiger partial charge < -0.3 is 10.1 Å². The lowest BCUT2D eigenvalue weighted by molar-refractivity contribution is -0.118. The zero-order valence-corrected chi connectivity index (χ0v) is 19.4. The number of aliphatic imine (C=N–C) groups is 1. The second-order valence-electron chi connectivity index (χ2n) is 6.71. The molecule has 0 unspecified atom stereocenters. The minimum absolute atomic E-state index is 0.123. The van der Waals surface area contributed by atoms with E-state index in [0.717, 1.165) is 5.56 Å². The van der Waals surface area contributed by atoms with E-state index in [9.17, 15) is 9.59 Å². The van der Waals surface area contributed by atoms with Crippen LogP contribution < -0.4 is 10.2 Å². The zero-order chi connectivity index (χ0) is 22.4. The van der Waals surface area contributed by atoms with Crippen molar-refractivity contribution in [1.29, 1.82) is 0 Å². The van der Waals surface area contributed by atoms with Gasteiger partial charge in [-0.05, 0) is 42.8 Å². The SMILES string of the molecule is COCCNC(=O)CSC1=N/C(=C\c2ccc(Cl)c(Cl)c2)C(=O)N1c1ccc(C)cc1. The van der Waals surface area contributed by atoms with E-state index >= 15 is 0 Å². The highest BCUT2D eigenvalue weighted by Crippen LogP contribution is 2.30. The third-order valence-corrected chi connectivity index (χ3v) is 6.01. The quantitative estimate of drug-likeness (QED) is 0.469. The number of nitrogens with one attached hydrogen (secondary N) is 1. The van der Waals surface area contributed by atoms with Gasteiger partial charge in [0.25, 0.3) is 5.91 Å². The number of amides is 2. The number of aryl methyl sites for hydroxylation is 1. The predicted octanol–water partition coefficient (Wildman–Crippen LogP) is 4.54. The maximum Gasteiger partial charge on any atom is 0.283 e. The van der Waals surface area contributed by atoms with E-state index in [4.69, 9.17) is 27.9 Å². The Kier molecular flexibility index (Phi) is 8.15. The molecule has 31 heavy (non-hydrogen) atoms. The standard InChI is InChI=1S/C22H21Cl2N3O3S/c1-14-3-6-16(7-4-14)27-21(29)19(12-15-5-8-17(23)18(24)11-15)26-22(27)31-13-20(28)25-9-10-30-2/h3-8,11-12H,9-10,13H2,1-2H3,(H,25,28)/b19-12-. The molecule has 2 amide bonds. The Morgan fingerprint density at radius 3 is 2.61 bits per heavy atom. The molecule has 0 aliphatic carbocycles. The van der Waals surface area contributed by atoms with E-state index in [1.54, 1.807) is 31.4 Å². The first-order valence-corrected chi connectivity index (χ1v) is 11.2. The van der Waals surface area contributed by atoms with E-state index in [-0.39, 0.29) is 23.3 Å². The van der Waals surface area contributed by atoms with Crippen LogP contribution in [0.2, 0.25) is 10.0 Å². The summed E-state index contributed by atoms with van der Waals surface area (Å²) in [7, 11) is 1.57. The fourth-order valence-electron chi connectivity index (χ4n) is 2.75. The molecule has 0 aromatic heterocycles. The van der Waals surface area contributed by atoms with Gasteiger partial charge in [-0.1, -0.05) is 58.7 Å². The van der Waals surface area contributed by atoms with Gasteiger partial charge in [-0.25, -0.2) is 4.99 Å². The molecule has 0 radical (unpaired) electrons. The molecule has 1 N–H and O–H groups in total. The summed E-state index contributed by atoms with van der Waals surface area (Å²) >= 11 is 13.3. The Labute approximate surface area is 195 Å². The van der Waals surface area contributed by atoms with Crippen molar-refractivity contribution in [3.8, 4) is 0 Å². The average molecular weight is 478 g/mol. The number of hydrogen-bond donors (Lipinski definition) is 1. The normalized spacial score (nSPS) is 14.8. The fraction of sp³-hybridized carbons (Fsp3) is 0.227. The largest absolute Gasteiger partial charge is 0.383 e. The second-order valence-corrected chi connectivity index (χ2v) is 8.46. The third kappa shape index (κ3) is 6.11. The second kappa shape index (κ2) is 10.8. The van der Waals surface area contributed by atoms with Crippen molar-refractivity contribution in [1.82, 2.24) is 5.32 Å². The Bertz CT molecular complexity index is 1040. The summed E-state index contributed by atoms with van der Waals surface area (Å²) in [5.74, 6) is -0.321. The number of thioether (sulfide) groups is 1. The molecule has 2 aromatic rings. The van der Waals surface area contributed by atoms with Crippen LogP contribution in [0.15, 0.2) is 53.2 Å². The Balaban J connectivity index is 1.86. The minimum Gasteiger partial charge on any atom is -0.383 e. The van der Waals surface area contributed by atoms with Crippen LogP contribution in [0.5, 0.6) is 0 Å². The number of hydrogen-bond acceptors (Lipinski definition) is 5. The van der Waals surface area contributed by atoms with Crippen LogP contribution in [0.4, 0.5) is 5.69 Å². The number of nitrogens with zero attached hydrogens (tertiary/aromatic N) is 2. The van der Waals surface area contributed by atoms with E-state index < -0.39 is 0 Å². The zero-order valence-electron chi connectivity index (χ0n) is 17.0. The number of carbonyl (C=O) groups is 2. The molecular weight excluding hydrogens is 457 g/mol. The molecule has 0 saturated heterocycles. The van der Waals surface area contributed by atoms with Gasteiger partial charge >= 0.3 is 0 Å². The highest BCUT2D eigenvalue weighted by Gasteiger charge is 2.32. The fourth-order valence-corrected chi connectivity index (χ4v) is 3.90. The molecule has 1 aliphatic heterocycles. The van der Waals surface area contributed by atoms with Crippen LogP contribution in [0.1, 0.15) is 11.1 Å². The number of methoxy groups -OCH3 is 1. The highest BCUT2D eigenvalue weighted by molar-refractivity contribution is 8.14. The molecule has 9 heteroatoms. The molecule has 0 fully saturated rings. The summed E-state index contributed by atoms with van der Waals surface area (Å²) in [4.78, 5) is 31.3. The van der Waals surface area contributed by atoms with Gasteiger partial charge in [-0.2, -0.15) is 0 Å². The number of halogens is 2. The summed E-state index contributed by atoms with van der Waals surface area (Å²) in [5, 5.41) is 4.02. The molecular formula is C22H21Cl2N3O3S. The average Bonchev–Trinajstić information content (AvgIpc) is 3.05. The lowest BCUT2D eigenvalue weighted by atomic mass is 10.2. The summed E-state index contributed by atoms with van der Waals surface area (Å²) in [5.41, 5.74) is 2.71. The van der Waals surface area contributed by atoms with Gasteiger partial charge in [0.05, 0.1) is 28.1 Å². The van der Waals surface area contributed by atoms with E-state index in [2.05, 4.69) is 10.3 Å². The van der Waals surface area contributed by atoms with Crippen molar-refractivity contribution in [3.05, 3.63) is 69.3 Å². The molecule has 0 saturated carbocycles. The van der Waals surface area contributed by atoms with E-state index in [1.165, 1.54) is 16.7 Å². The Morgan fingerprint density at radius 1 is 1.19 bits per heavy atom. The van der Waals surface area contributed by atoms with Gasteiger partial charge in [0, 0.05) is 13.7 Å². The summed E-state index contributed by atoms with van der Waals surface area (Å²) in [6, 6.07) is 12.6. The maximum atomic E-state index is 13.2. The van der Waals surface area contributed by atoms with Crippen LogP contribution in [-0.2, 0) is 14.3 Å². The molecule has 6 nitrogen and oxygen atoms in total. The van der Waals surface area contributed by atoms with Crippen molar-refractivity contribution >= 4 is 63.7 Å². The molecule has 3 rings (SSSR count). The smallest absolute Gasteiger partial charge is 0.283 e. The number of carbonyl (C=O) groups excluding carboxylic acids is 2. The van der Waals surface area contributed by atoms with Crippen LogP contribution in [0, 0.1) is 6.92 Å². The molecule has 2 aromatic carbocycles. The number of rotatable bonds is 7. The van der Waals surface area contributed by atoms with E-state index in [0.29, 0.717) is 39.6 Å². The predicted molar refractivity (Wildman–Crippen MR) is 128 cm³/mol. The number of ether oxygens (including phenoxy) is 1. The summed E-state index contributed by atoms with van der Waals surface area (Å²) in [6.07, 6.45) is 1.65. The minimum atomic E-state index is -0.280. The van der Waals surface area contributed by atoms with Crippen molar-refractivity contribution in [2.75, 3.05) is 30.9 Å². The van der Waals surface area contributed by atoms with Crippen LogP contribution in [-0.4, -0.2) is 43.0 Å². The molecule has 0 spiro atoms. The van der Waals surface area contributed by atoms with Crippen LogP contribution in [0.3, 0.4) is 0 Å². The molecule has 0 atom stereocenters. The van der Waals surface area contributed by atoms with E-state index in [1.807, 2.05) is 31.2 Å². The van der Waals surface area contributed by atoms with Crippen molar-refractivity contribution < 1.29 is 14.3 Å². The van der Waals surface area contributed by atoms with Crippen LogP contribution in [0.25, 0.3) is 6.08 Å².